The number of halogens is 1. The molecule has 1 aromatic carbocycles. The molecule has 1 aromatic rings. The van der Waals surface area contributed by atoms with E-state index < -0.39 is 0 Å². The van der Waals surface area contributed by atoms with Crippen molar-refractivity contribution in [2.24, 2.45) is 0 Å². The van der Waals surface area contributed by atoms with Gasteiger partial charge in [0.05, 0.1) is 6.04 Å². The fourth-order valence-corrected chi connectivity index (χ4v) is 2.69. The molecule has 1 saturated heterocycles. The van der Waals surface area contributed by atoms with E-state index in [0.717, 1.165) is 5.56 Å². The van der Waals surface area contributed by atoms with Crippen molar-refractivity contribution in [1.82, 2.24) is 4.90 Å². The molecule has 0 saturated carbocycles. The molecule has 0 aliphatic carbocycles. The fraction of sp³-hybridized carbons (Fsp3) is 0.417. The molecule has 16 heavy (non-hydrogen) atoms. The first-order valence-corrected chi connectivity index (χ1v) is 6.21. The molecule has 0 N–H and O–H groups in total. The van der Waals surface area contributed by atoms with Crippen LogP contribution in [-0.4, -0.2) is 22.6 Å². The molecule has 1 aliphatic rings. The van der Waals surface area contributed by atoms with Crippen LogP contribution in [-0.2, 0) is 4.79 Å². The van der Waals surface area contributed by atoms with Crippen molar-refractivity contribution in [2.45, 2.75) is 24.6 Å². The molecule has 0 aromatic heterocycles. The van der Waals surface area contributed by atoms with Gasteiger partial charge in [0, 0.05) is 23.2 Å². The first kappa shape index (κ1) is 11.8. The van der Waals surface area contributed by atoms with Gasteiger partial charge in [0.2, 0.25) is 5.91 Å². The minimum absolute atomic E-state index is 0.0262. The Balaban J connectivity index is 2.23. The molecule has 2 unspecified atom stereocenters. The number of amides is 1. The minimum Gasteiger partial charge on any atom is -0.335 e. The summed E-state index contributed by atoms with van der Waals surface area (Å²) in [6, 6.07) is 7.68. The summed E-state index contributed by atoms with van der Waals surface area (Å²) in [7, 11) is 0. The van der Waals surface area contributed by atoms with Gasteiger partial charge in [0.15, 0.2) is 0 Å². The third kappa shape index (κ3) is 2.20. The van der Waals surface area contributed by atoms with Crippen LogP contribution in [0.25, 0.3) is 0 Å². The number of rotatable bonds is 2. The van der Waals surface area contributed by atoms with E-state index in [0.29, 0.717) is 18.0 Å². The van der Waals surface area contributed by atoms with Gasteiger partial charge in [0.25, 0.3) is 0 Å². The Labute approximate surface area is 106 Å². The molecule has 0 bridgehead atoms. The lowest BCUT2D eigenvalue weighted by atomic mass is 10.1. The minimum atomic E-state index is 0.0262. The molecule has 1 aliphatic heterocycles. The number of carbonyl (C=O) groups excluding carboxylic acids is 1. The van der Waals surface area contributed by atoms with Crippen LogP contribution in [0.3, 0.4) is 0 Å². The second-order valence-electron chi connectivity index (χ2n) is 4.10. The van der Waals surface area contributed by atoms with E-state index in [-0.39, 0.29) is 17.2 Å². The molecular weight excluding hydrogens is 242 g/mol. The van der Waals surface area contributed by atoms with Crippen LogP contribution in [0.15, 0.2) is 24.3 Å². The van der Waals surface area contributed by atoms with Crippen LogP contribution < -0.4 is 0 Å². The number of hydrogen-bond donors (Lipinski definition) is 1. The van der Waals surface area contributed by atoms with Gasteiger partial charge in [-0.2, -0.15) is 12.6 Å². The average molecular weight is 256 g/mol. The zero-order valence-corrected chi connectivity index (χ0v) is 10.7. The molecule has 1 amide bonds. The van der Waals surface area contributed by atoms with Crippen LogP contribution in [0.4, 0.5) is 0 Å². The van der Waals surface area contributed by atoms with Crippen molar-refractivity contribution in [3.05, 3.63) is 34.9 Å². The quantitative estimate of drug-likeness (QED) is 0.806. The monoisotopic (exact) mass is 255 g/mol. The Hall–Kier alpha value is -0.670. The van der Waals surface area contributed by atoms with Gasteiger partial charge < -0.3 is 4.90 Å². The Morgan fingerprint density at radius 2 is 2.19 bits per heavy atom. The summed E-state index contributed by atoms with van der Waals surface area (Å²) in [5.74, 6) is 0.160. The van der Waals surface area contributed by atoms with Crippen LogP contribution in [0.1, 0.15) is 24.9 Å². The van der Waals surface area contributed by atoms with Gasteiger partial charge >= 0.3 is 0 Å². The molecule has 2 nitrogen and oxygen atoms in total. The molecule has 1 heterocycles. The second kappa shape index (κ2) is 4.68. The zero-order chi connectivity index (χ0) is 11.7. The maximum Gasteiger partial charge on any atom is 0.224 e. The van der Waals surface area contributed by atoms with Gasteiger partial charge in [-0.15, -0.1) is 0 Å². The highest BCUT2D eigenvalue weighted by molar-refractivity contribution is 7.81. The van der Waals surface area contributed by atoms with E-state index in [1.54, 1.807) is 0 Å². The Morgan fingerprint density at radius 1 is 1.50 bits per heavy atom. The number of likely N-dealkylation sites (tertiary alicyclic amines) is 1. The van der Waals surface area contributed by atoms with Crippen LogP contribution in [0, 0.1) is 0 Å². The predicted molar refractivity (Wildman–Crippen MR) is 69.0 cm³/mol. The van der Waals surface area contributed by atoms with Crippen LogP contribution in [0.2, 0.25) is 5.02 Å². The van der Waals surface area contributed by atoms with Gasteiger partial charge in [-0.25, -0.2) is 0 Å². The summed E-state index contributed by atoms with van der Waals surface area (Å²) < 4.78 is 0. The van der Waals surface area contributed by atoms with Crippen molar-refractivity contribution in [3.63, 3.8) is 0 Å². The largest absolute Gasteiger partial charge is 0.335 e. The highest BCUT2D eigenvalue weighted by Gasteiger charge is 2.31. The van der Waals surface area contributed by atoms with E-state index >= 15 is 0 Å². The topological polar surface area (TPSA) is 20.3 Å². The molecule has 2 atom stereocenters. The molecular formula is C12H14ClNOS. The second-order valence-corrected chi connectivity index (χ2v) is 5.24. The Morgan fingerprint density at radius 3 is 2.75 bits per heavy atom. The molecule has 0 radical (unpaired) electrons. The molecule has 86 valence electrons. The molecule has 2 rings (SSSR count). The van der Waals surface area contributed by atoms with Crippen molar-refractivity contribution >= 4 is 30.1 Å². The Kier molecular flexibility index (Phi) is 3.45. The highest BCUT2D eigenvalue weighted by Crippen LogP contribution is 2.31. The summed E-state index contributed by atoms with van der Waals surface area (Å²) in [4.78, 5) is 13.6. The normalized spacial score (nSPS) is 22.6. The van der Waals surface area contributed by atoms with Crippen molar-refractivity contribution in [2.75, 3.05) is 6.54 Å². The number of nitrogens with zero attached hydrogens (tertiary/aromatic N) is 1. The van der Waals surface area contributed by atoms with E-state index in [9.17, 15) is 4.79 Å². The number of hydrogen-bond acceptors (Lipinski definition) is 2. The van der Waals surface area contributed by atoms with E-state index in [2.05, 4.69) is 12.6 Å². The SMILES string of the molecule is CC(c1ccccc1Cl)N1CC(S)CC1=O. The molecule has 0 spiro atoms. The van der Waals surface area contributed by atoms with Crippen molar-refractivity contribution in [3.8, 4) is 0 Å². The van der Waals surface area contributed by atoms with E-state index in [1.807, 2.05) is 36.1 Å². The van der Waals surface area contributed by atoms with Gasteiger partial charge in [-0.3, -0.25) is 4.79 Å². The third-order valence-electron chi connectivity index (χ3n) is 2.96. The lowest BCUT2D eigenvalue weighted by Crippen LogP contribution is -2.28. The van der Waals surface area contributed by atoms with E-state index in [1.165, 1.54) is 0 Å². The maximum atomic E-state index is 11.7. The molecule has 1 fully saturated rings. The smallest absolute Gasteiger partial charge is 0.224 e. The predicted octanol–water partition coefficient (Wildman–Crippen LogP) is 2.93. The lowest BCUT2D eigenvalue weighted by molar-refractivity contribution is -0.129. The lowest BCUT2D eigenvalue weighted by Gasteiger charge is -2.25. The number of benzene rings is 1. The van der Waals surface area contributed by atoms with Crippen LogP contribution in [0.5, 0.6) is 0 Å². The van der Waals surface area contributed by atoms with Gasteiger partial charge in [-0.1, -0.05) is 29.8 Å². The first-order chi connectivity index (χ1) is 7.59. The third-order valence-corrected chi connectivity index (χ3v) is 3.65. The summed E-state index contributed by atoms with van der Waals surface area (Å²) in [6.45, 7) is 2.71. The van der Waals surface area contributed by atoms with Gasteiger partial charge in [0.1, 0.15) is 0 Å². The summed E-state index contributed by atoms with van der Waals surface area (Å²) in [5, 5.41) is 0.864. The summed E-state index contributed by atoms with van der Waals surface area (Å²) in [5.41, 5.74) is 1.000. The van der Waals surface area contributed by atoms with E-state index in [4.69, 9.17) is 11.6 Å². The fourth-order valence-electron chi connectivity index (χ4n) is 2.07. The Bertz CT molecular complexity index is 410. The summed E-state index contributed by atoms with van der Waals surface area (Å²) in [6.07, 6.45) is 0.526. The summed E-state index contributed by atoms with van der Waals surface area (Å²) >= 11 is 10.5. The van der Waals surface area contributed by atoms with Gasteiger partial charge in [-0.05, 0) is 18.6 Å². The van der Waals surface area contributed by atoms with Crippen LogP contribution >= 0.6 is 24.2 Å². The highest BCUT2D eigenvalue weighted by atomic mass is 35.5. The van der Waals surface area contributed by atoms with Crippen molar-refractivity contribution < 1.29 is 4.79 Å². The standard InChI is InChI=1S/C12H14ClNOS/c1-8(10-4-2-3-5-11(10)13)14-7-9(16)6-12(14)15/h2-5,8-9,16H,6-7H2,1H3. The maximum absolute atomic E-state index is 11.7. The molecule has 4 heteroatoms. The zero-order valence-electron chi connectivity index (χ0n) is 9.06. The average Bonchev–Trinajstić information content (AvgIpc) is 2.58. The number of thiol groups is 1. The van der Waals surface area contributed by atoms with Crippen molar-refractivity contribution in [1.29, 1.82) is 0 Å². The number of carbonyl (C=O) groups is 1. The first-order valence-electron chi connectivity index (χ1n) is 5.31.